The average Bonchev–Trinajstić information content (AvgIpc) is 2.79. The van der Waals surface area contributed by atoms with Crippen LogP contribution >= 0.6 is 0 Å². The largest absolute Gasteiger partial charge is 0.346 e. The van der Waals surface area contributed by atoms with Crippen molar-refractivity contribution in [3.05, 3.63) is 35.9 Å². The Balaban J connectivity index is 1.95. The van der Waals surface area contributed by atoms with Gasteiger partial charge in [-0.3, -0.25) is 4.79 Å². The van der Waals surface area contributed by atoms with E-state index in [2.05, 4.69) is 51.4 Å². The van der Waals surface area contributed by atoms with Gasteiger partial charge in [0.2, 0.25) is 5.91 Å². The van der Waals surface area contributed by atoms with E-state index in [9.17, 15) is 4.79 Å². The smallest absolute Gasteiger partial charge is 0.222 e. The lowest BCUT2D eigenvalue weighted by Crippen LogP contribution is -2.41. The zero-order valence-corrected chi connectivity index (χ0v) is 22.6. The first kappa shape index (κ1) is 29.7. The fraction of sp³-hybridized carbons (Fsp3) is 0.767. The normalized spacial score (nSPS) is 11.6. The third-order valence-corrected chi connectivity index (χ3v) is 6.88. The summed E-state index contributed by atoms with van der Waals surface area (Å²) in [6.45, 7) is 5.28. The molecule has 0 bridgehead atoms. The van der Waals surface area contributed by atoms with Gasteiger partial charge in [0.15, 0.2) is 0 Å². The van der Waals surface area contributed by atoms with Gasteiger partial charge < -0.3 is 9.38 Å². The molecular weight excluding hydrogens is 404 g/mol. The van der Waals surface area contributed by atoms with Crippen molar-refractivity contribution in [3.63, 3.8) is 0 Å². The minimum Gasteiger partial charge on any atom is -0.346 e. The van der Waals surface area contributed by atoms with Gasteiger partial charge in [-0.15, -0.1) is 0 Å². The summed E-state index contributed by atoms with van der Waals surface area (Å²) in [5.41, 5.74) is 1.38. The molecular formula is C30H55N2O+. The molecule has 0 atom stereocenters. The SMILES string of the molecule is CCCCCCCCCCCCCCCCC(=O)N(C)CCC[N+](C)(C)Cc1ccccc1. The standard InChI is InChI=1S/C30H55N2O/c1-5-6-7-8-9-10-11-12-13-14-15-16-17-21-25-30(33)31(2)26-22-27-32(3,4)28-29-23-19-18-20-24-29/h18-20,23-24H,5-17,21-22,25-28H2,1-4H3/q+1. The van der Waals surface area contributed by atoms with E-state index in [1.54, 1.807) is 0 Å². The molecule has 3 nitrogen and oxygen atoms in total. The maximum atomic E-state index is 12.4. The number of carbonyl (C=O) groups excluding carboxylic acids is 1. The molecule has 0 unspecified atom stereocenters. The molecule has 0 aliphatic heterocycles. The van der Waals surface area contributed by atoms with Crippen molar-refractivity contribution in [1.82, 2.24) is 4.90 Å². The number of quaternary nitrogens is 1. The molecule has 0 aromatic heterocycles. The van der Waals surface area contributed by atoms with E-state index >= 15 is 0 Å². The number of carbonyl (C=O) groups is 1. The molecule has 0 saturated heterocycles. The van der Waals surface area contributed by atoms with E-state index in [0.29, 0.717) is 5.91 Å². The lowest BCUT2D eigenvalue weighted by Gasteiger charge is -2.30. The van der Waals surface area contributed by atoms with Gasteiger partial charge in [-0.2, -0.15) is 0 Å². The summed E-state index contributed by atoms with van der Waals surface area (Å²) in [4.78, 5) is 14.4. The van der Waals surface area contributed by atoms with E-state index in [-0.39, 0.29) is 0 Å². The first-order chi connectivity index (χ1) is 15.9. The van der Waals surface area contributed by atoms with Crippen molar-refractivity contribution in [2.24, 2.45) is 0 Å². The second-order valence-corrected chi connectivity index (χ2v) is 10.8. The maximum absolute atomic E-state index is 12.4. The van der Waals surface area contributed by atoms with Crippen LogP contribution in [-0.4, -0.2) is 49.5 Å². The Kier molecular flexibility index (Phi) is 17.1. The summed E-state index contributed by atoms with van der Waals surface area (Å²) < 4.78 is 0.963. The van der Waals surface area contributed by atoms with Gasteiger partial charge in [0, 0.05) is 32.0 Å². The third kappa shape index (κ3) is 16.8. The Bertz CT molecular complexity index is 584. The fourth-order valence-electron chi connectivity index (χ4n) is 4.68. The van der Waals surface area contributed by atoms with Gasteiger partial charge in [-0.25, -0.2) is 0 Å². The van der Waals surface area contributed by atoms with Crippen LogP contribution in [0.1, 0.15) is 115 Å². The summed E-state index contributed by atoms with van der Waals surface area (Å²) in [5.74, 6) is 0.322. The first-order valence-electron chi connectivity index (χ1n) is 14.0. The zero-order valence-electron chi connectivity index (χ0n) is 22.6. The number of rotatable bonds is 21. The molecule has 1 aromatic rings. The molecule has 3 heteroatoms. The predicted molar refractivity (Wildman–Crippen MR) is 144 cm³/mol. The van der Waals surface area contributed by atoms with Crippen LogP contribution in [0.15, 0.2) is 30.3 Å². The molecule has 1 rings (SSSR count). The number of amides is 1. The Morgan fingerprint density at radius 2 is 1.21 bits per heavy atom. The number of hydrogen-bond acceptors (Lipinski definition) is 1. The van der Waals surface area contributed by atoms with Crippen molar-refractivity contribution < 1.29 is 9.28 Å². The first-order valence-corrected chi connectivity index (χ1v) is 14.0. The lowest BCUT2D eigenvalue weighted by molar-refractivity contribution is -0.903. The van der Waals surface area contributed by atoms with Crippen molar-refractivity contribution in [3.8, 4) is 0 Å². The fourth-order valence-corrected chi connectivity index (χ4v) is 4.68. The van der Waals surface area contributed by atoms with Crippen molar-refractivity contribution in [2.75, 3.05) is 34.2 Å². The third-order valence-electron chi connectivity index (χ3n) is 6.88. The van der Waals surface area contributed by atoms with E-state index in [1.165, 1.54) is 89.0 Å². The van der Waals surface area contributed by atoms with E-state index < -0.39 is 0 Å². The summed E-state index contributed by atoms with van der Waals surface area (Å²) in [5, 5.41) is 0. The predicted octanol–water partition coefficient (Wildman–Crippen LogP) is 7.98. The molecule has 0 N–H and O–H groups in total. The molecule has 0 aliphatic rings. The molecule has 0 aliphatic carbocycles. The summed E-state index contributed by atoms with van der Waals surface area (Å²) in [6.07, 6.45) is 20.8. The van der Waals surface area contributed by atoms with Crippen molar-refractivity contribution >= 4 is 5.91 Å². The van der Waals surface area contributed by atoms with Gasteiger partial charge in [0.1, 0.15) is 6.54 Å². The molecule has 0 fully saturated rings. The van der Waals surface area contributed by atoms with Crippen LogP contribution in [-0.2, 0) is 11.3 Å². The molecule has 0 saturated carbocycles. The van der Waals surface area contributed by atoms with Crippen LogP contribution < -0.4 is 0 Å². The number of hydrogen-bond donors (Lipinski definition) is 0. The van der Waals surface area contributed by atoms with E-state index in [0.717, 1.165) is 43.4 Å². The van der Waals surface area contributed by atoms with Crippen molar-refractivity contribution in [1.29, 1.82) is 0 Å². The molecule has 0 spiro atoms. The number of benzene rings is 1. The Labute approximate surface area is 206 Å². The topological polar surface area (TPSA) is 20.3 Å². The van der Waals surface area contributed by atoms with Crippen LogP contribution in [0.5, 0.6) is 0 Å². The highest BCUT2D eigenvalue weighted by atomic mass is 16.2. The second kappa shape index (κ2) is 19.0. The quantitative estimate of drug-likeness (QED) is 0.135. The van der Waals surface area contributed by atoms with Gasteiger partial charge in [0.25, 0.3) is 0 Å². The highest BCUT2D eigenvalue weighted by molar-refractivity contribution is 5.75. The average molecular weight is 460 g/mol. The molecule has 1 amide bonds. The van der Waals surface area contributed by atoms with E-state index in [4.69, 9.17) is 0 Å². The van der Waals surface area contributed by atoms with Gasteiger partial charge in [0.05, 0.1) is 20.6 Å². The molecule has 190 valence electrons. The van der Waals surface area contributed by atoms with Crippen LogP contribution in [0.2, 0.25) is 0 Å². The Hall–Kier alpha value is -1.35. The van der Waals surface area contributed by atoms with Crippen LogP contribution in [0.3, 0.4) is 0 Å². The summed E-state index contributed by atoms with van der Waals surface area (Å²) >= 11 is 0. The number of nitrogens with zero attached hydrogens (tertiary/aromatic N) is 2. The molecule has 0 radical (unpaired) electrons. The van der Waals surface area contributed by atoms with Crippen molar-refractivity contribution in [2.45, 2.75) is 116 Å². The minimum absolute atomic E-state index is 0.322. The highest BCUT2D eigenvalue weighted by Gasteiger charge is 2.16. The highest BCUT2D eigenvalue weighted by Crippen LogP contribution is 2.14. The van der Waals surface area contributed by atoms with Crippen LogP contribution in [0, 0.1) is 0 Å². The summed E-state index contributed by atoms with van der Waals surface area (Å²) in [7, 11) is 6.54. The molecule has 0 heterocycles. The van der Waals surface area contributed by atoms with Gasteiger partial charge in [-0.1, -0.05) is 121 Å². The molecule has 1 aromatic carbocycles. The minimum atomic E-state index is 0.322. The Morgan fingerprint density at radius 1 is 0.727 bits per heavy atom. The van der Waals surface area contributed by atoms with Gasteiger partial charge >= 0.3 is 0 Å². The monoisotopic (exact) mass is 459 g/mol. The zero-order chi connectivity index (χ0) is 24.2. The van der Waals surface area contributed by atoms with Gasteiger partial charge in [-0.05, 0) is 6.42 Å². The second-order valence-electron chi connectivity index (χ2n) is 10.8. The van der Waals surface area contributed by atoms with Crippen LogP contribution in [0.25, 0.3) is 0 Å². The maximum Gasteiger partial charge on any atom is 0.222 e. The lowest BCUT2D eigenvalue weighted by atomic mass is 10.0. The summed E-state index contributed by atoms with van der Waals surface area (Å²) in [6, 6.07) is 10.7. The van der Waals surface area contributed by atoms with E-state index in [1.807, 2.05) is 11.9 Å². The number of unbranched alkanes of at least 4 members (excludes halogenated alkanes) is 13. The van der Waals surface area contributed by atoms with Crippen LogP contribution in [0.4, 0.5) is 0 Å². The molecule has 33 heavy (non-hydrogen) atoms. The Morgan fingerprint density at radius 3 is 1.73 bits per heavy atom.